The molecule has 0 amide bonds. The van der Waals surface area contributed by atoms with Crippen LogP contribution in [-0.4, -0.2) is 6.04 Å². The molecule has 3 N–H and O–H groups in total. The Bertz CT molecular complexity index is 312. The molecule has 1 unspecified atom stereocenters. The van der Waals surface area contributed by atoms with Crippen LogP contribution in [-0.2, 0) is 6.54 Å². The van der Waals surface area contributed by atoms with E-state index in [-0.39, 0.29) is 0 Å². The number of nitrogens with one attached hydrogen (secondary N) is 1. The van der Waals surface area contributed by atoms with Crippen LogP contribution in [0.5, 0.6) is 0 Å². The normalized spacial score (nSPS) is 18.9. The molecule has 2 rings (SSSR count). The number of hydrogen-bond donors (Lipinski definition) is 2. The molecule has 0 bridgehead atoms. The molecular weight excluding hydrogens is 196 g/mol. The van der Waals surface area contributed by atoms with Crippen molar-refractivity contribution < 1.29 is 0 Å². The van der Waals surface area contributed by atoms with Gasteiger partial charge in [0.2, 0.25) is 0 Å². The minimum absolute atomic E-state index is 0.454. The molecule has 1 saturated carbocycles. The largest absolute Gasteiger partial charge is 0.326 e. The van der Waals surface area contributed by atoms with Crippen LogP contribution in [0, 0.1) is 0 Å². The summed E-state index contributed by atoms with van der Waals surface area (Å²) in [5, 5.41) is 3.70. The van der Waals surface area contributed by atoms with E-state index in [0.717, 1.165) is 6.04 Å². The molecule has 2 nitrogen and oxygen atoms in total. The molecule has 0 saturated heterocycles. The highest BCUT2D eigenvalue weighted by molar-refractivity contribution is 5.24. The fraction of sp³-hybridized carbons (Fsp3) is 0.571. The van der Waals surface area contributed by atoms with Gasteiger partial charge >= 0.3 is 0 Å². The van der Waals surface area contributed by atoms with Gasteiger partial charge in [-0.05, 0) is 30.9 Å². The zero-order chi connectivity index (χ0) is 11.4. The van der Waals surface area contributed by atoms with Gasteiger partial charge in [0, 0.05) is 18.6 Å². The second-order valence-corrected chi connectivity index (χ2v) is 4.82. The van der Waals surface area contributed by atoms with Crippen molar-refractivity contribution in [3.8, 4) is 0 Å². The molecule has 1 fully saturated rings. The Hall–Kier alpha value is -0.860. The molecular formula is C14H22N2. The number of hydrogen-bond acceptors (Lipinski definition) is 2. The number of nitrogens with two attached hydrogens (primary N) is 1. The summed E-state index contributed by atoms with van der Waals surface area (Å²) >= 11 is 0. The fourth-order valence-electron chi connectivity index (χ4n) is 2.48. The third-order valence-corrected chi connectivity index (χ3v) is 3.56. The minimum atomic E-state index is 0.454. The van der Waals surface area contributed by atoms with Gasteiger partial charge in [-0.3, -0.25) is 0 Å². The van der Waals surface area contributed by atoms with Crippen LogP contribution in [0.2, 0.25) is 0 Å². The zero-order valence-electron chi connectivity index (χ0n) is 10.1. The summed E-state index contributed by atoms with van der Waals surface area (Å²) in [6.07, 6.45) is 5.45. The number of benzene rings is 1. The molecule has 0 radical (unpaired) electrons. The first-order valence-corrected chi connectivity index (χ1v) is 6.34. The summed E-state index contributed by atoms with van der Waals surface area (Å²) in [5.41, 5.74) is 8.16. The van der Waals surface area contributed by atoms with Crippen molar-refractivity contribution >= 4 is 0 Å². The Morgan fingerprint density at radius 1 is 1.25 bits per heavy atom. The van der Waals surface area contributed by atoms with Crippen molar-refractivity contribution in [1.29, 1.82) is 0 Å². The van der Waals surface area contributed by atoms with E-state index in [2.05, 4.69) is 36.5 Å². The van der Waals surface area contributed by atoms with Crippen LogP contribution in [0.4, 0.5) is 0 Å². The first-order valence-electron chi connectivity index (χ1n) is 6.34. The highest BCUT2D eigenvalue weighted by Crippen LogP contribution is 2.22. The van der Waals surface area contributed by atoms with Gasteiger partial charge in [-0.25, -0.2) is 0 Å². The van der Waals surface area contributed by atoms with E-state index in [1.165, 1.54) is 36.8 Å². The summed E-state index contributed by atoms with van der Waals surface area (Å²) < 4.78 is 0. The van der Waals surface area contributed by atoms with Crippen molar-refractivity contribution in [2.24, 2.45) is 5.73 Å². The van der Waals surface area contributed by atoms with Gasteiger partial charge in [-0.2, -0.15) is 0 Å². The van der Waals surface area contributed by atoms with Crippen LogP contribution < -0.4 is 11.1 Å². The maximum atomic E-state index is 5.59. The average molecular weight is 218 g/mol. The molecule has 0 aliphatic heterocycles. The summed E-state index contributed by atoms with van der Waals surface area (Å²) in [7, 11) is 0. The first kappa shape index (κ1) is 11.6. The lowest BCUT2D eigenvalue weighted by Gasteiger charge is -2.19. The average Bonchev–Trinajstić information content (AvgIpc) is 2.82. The van der Waals surface area contributed by atoms with Crippen LogP contribution in [0.1, 0.15) is 49.8 Å². The Kier molecular flexibility index (Phi) is 3.97. The van der Waals surface area contributed by atoms with Gasteiger partial charge in [-0.15, -0.1) is 0 Å². The summed E-state index contributed by atoms with van der Waals surface area (Å²) in [4.78, 5) is 0. The Balaban J connectivity index is 1.94. The van der Waals surface area contributed by atoms with Crippen molar-refractivity contribution in [2.75, 3.05) is 0 Å². The van der Waals surface area contributed by atoms with E-state index in [1.807, 2.05) is 0 Å². The van der Waals surface area contributed by atoms with E-state index in [0.29, 0.717) is 12.6 Å². The smallest absolute Gasteiger partial charge is 0.0294 e. The van der Waals surface area contributed by atoms with Gasteiger partial charge in [0.1, 0.15) is 0 Å². The molecule has 1 aromatic rings. The second-order valence-electron chi connectivity index (χ2n) is 4.82. The molecule has 1 aliphatic carbocycles. The lowest BCUT2D eigenvalue weighted by atomic mass is 10.0. The van der Waals surface area contributed by atoms with Crippen LogP contribution in [0.25, 0.3) is 0 Å². The fourth-order valence-corrected chi connectivity index (χ4v) is 2.48. The summed E-state index contributed by atoms with van der Waals surface area (Å²) in [6, 6.07) is 9.81. The SMILES string of the molecule is CC(NC1CCCC1)c1ccc(CN)cc1. The van der Waals surface area contributed by atoms with Crippen LogP contribution in [0.3, 0.4) is 0 Å². The lowest BCUT2D eigenvalue weighted by molar-refractivity contribution is 0.461. The maximum Gasteiger partial charge on any atom is 0.0294 e. The van der Waals surface area contributed by atoms with E-state index in [9.17, 15) is 0 Å². The standard InChI is InChI=1S/C14H22N2/c1-11(16-14-4-2-3-5-14)13-8-6-12(10-15)7-9-13/h6-9,11,14,16H,2-5,10,15H2,1H3. The Morgan fingerprint density at radius 3 is 2.44 bits per heavy atom. The van der Waals surface area contributed by atoms with Crippen LogP contribution in [0.15, 0.2) is 24.3 Å². The van der Waals surface area contributed by atoms with Crippen LogP contribution >= 0.6 is 0 Å². The molecule has 0 spiro atoms. The molecule has 1 aromatic carbocycles. The minimum Gasteiger partial charge on any atom is -0.326 e. The van der Waals surface area contributed by atoms with Gasteiger partial charge in [-0.1, -0.05) is 37.1 Å². The van der Waals surface area contributed by atoms with E-state index in [4.69, 9.17) is 5.73 Å². The maximum absolute atomic E-state index is 5.59. The van der Waals surface area contributed by atoms with Crippen molar-refractivity contribution in [2.45, 2.75) is 51.2 Å². The third-order valence-electron chi connectivity index (χ3n) is 3.56. The Morgan fingerprint density at radius 2 is 1.88 bits per heavy atom. The topological polar surface area (TPSA) is 38.0 Å². The molecule has 16 heavy (non-hydrogen) atoms. The second kappa shape index (κ2) is 5.46. The first-order chi connectivity index (χ1) is 7.79. The van der Waals surface area contributed by atoms with Gasteiger partial charge < -0.3 is 11.1 Å². The van der Waals surface area contributed by atoms with Gasteiger partial charge in [0.05, 0.1) is 0 Å². The molecule has 1 atom stereocenters. The predicted molar refractivity (Wildman–Crippen MR) is 68.1 cm³/mol. The van der Waals surface area contributed by atoms with Crippen molar-refractivity contribution in [3.63, 3.8) is 0 Å². The monoisotopic (exact) mass is 218 g/mol. The van der Waals surface area contributed by atoms with Gasteiger partial charge in [0.15, 0.2) is 0 Å². The van der Waals surface area contributed by atoms with Crippen molar-refractivity contribution in [1.82, 2.24) is 5.32 Å². The Labute approximate surface area is 98.2 Å². The molecule has 0 heterocycles. The third kappa shape index (κ3) is 2.83. The molecule has 88 valence electrons. The molecule has 1 aliphatic rings. The van der Waals surface area contributed by atoms with Gasteiger partial charge in [0.25, 0.3) is 0 Å². The van der Waals surface area contributed by atoms with E-state index in [1.54, 1.807) is 0 Å². The predicted octanol–water partition coefficient (Wildman–Crippen LogP) is 2.74. The lowest BCUT2D eigenvalue weighted by Crippen LogP contribution is -2.28. The zero-order valence-corrected chi connectivity index (χ0v) is 10.1. The summed E-state index contributed by atoms with van der Waals surface area (Å²) in [6.45, 7) is 2.88. The molecule has 2 heteroatoms. The van der Waals surface area contributed by atoms with E-state index >= 15 is 0 Å². The van der Waals surface area contributed by atoms with E-state index < -0.39 is 0 Å². The van der Waals surface area contributed by atoms with Crippen molar-refractivity contribution in [3.05, 3.63) is 35.4 Å². The molecule has 0 aromatic heterocycles. The highest BCUT2D eigenvalue weighted by atomic mass is 14.9. The number of rotatable bonds is 4. The highest BCUT2D eigenvalue weighted by Gasteiger charge is 2.17. The quantitative estimate of drug-likeness (QED) is 0.815. The summed E-state index contributed by atoms with van der Waals surface area (Å²) in [5.74, 6) is 0.